The summed E-state index contributed by atoms with van der Waals surface area (Å²) >= 11 is 0. The molecule has 4 aromatic rings. The zero-order valence-electron chi connectivity index (χ0n) is 18.2. The van der Waals surface area contributed by atoms with Crippen LogP contribution in [-0.2, 0) is 17.8 Å². The third-order valence-electron chi connectivity index (χ3n) is 5.21. The van der Waals surface area contributed by atoms with E-state index in [-0.39, 0.29) is 12.5 Å². The Bertz CT molecular complexity index is 1220. The Balaban J connectivity index is 1.57. The SMILES string of the molecule is O=C(CCc1ccccc1)Nc1ncc(-c2ccc(CO)cc2)nc1C=Cc1ccccc1. The summed E-state index contributed by atoms with van der Waals surface area (Å²) in [6, 6.07) is 27.3. The van der Waals surface area contributed by atoms with Crippen LogP contribution < -0.4 is 5.32 Å². The second-order valence-electron chi connectivity index (χ2n) is 7.62. The van der Waals surface area contributed by atoms with Gasteiger partial charge in [-0.05, 0) is 29.2 Å². The number of rotatable bonds is 8. The van der Waals surface area contributed by atoms with Crippen LogP contribution in [0, 0.1) is 0 Å². The van der Waals surface area contributed by atoms with E-state index < -0.39 is 0 Å². The monoisotopic (exact) mass is 435 g/mol. The van der Waals surface area contributed by atoms with E-state index in [9.17, 15) is 9.90 Å². The molecule has 33 heavy (non-hydrogen) atoms. The third-order valence-corrected chi connectivity index (χ3v) is 5.21. The van der Waals surface area contributed by atoms with Gasteiger partial charge in [0.1, 0.15) is 5.69 Å². The number of hydrogen-bond acceptors (Lipinski definition) is 4. The Labute approximate surface area is 193 Å². The largest absolute Gasteiger partial charge is 0.392 e. The Morgan fingerprint density at radius 3 is 2.24 bits per heavy atom. The normalized spacial score (nSPS) is 10.9. The van der Waals surface area contributed by atoms with Crippen LogP contribution in [0.1, 0.15) is 28.8 Å². The lowest BCUT2D eigenvalue weighted by atomic mass is 10.1. The van der Waals surface area contributed by atoms with Gasteiger partial charge >= 0.3 is 0 Å². The van der Waals surface area contributed by atoms with Gasteiger partial charge < -0.3 is 10.4 Å². The molecule has 164 valence electrons. The van der Waals surface area contributed by atoms with Gasteiger partial charge in [0.2, 0.25) is 5.91 Å². The lowest BCUT2D eigenvalue weighted by Crippen LogP contribution is -2.15. The van der Waals surface area contributed by atoms with Crippen molar-refractivity contribution in [2.45, 2.75) is 19.4 Å². The minimum absolute atomic E-state index is 0.00896. The Morgan fingerprint density at radius 2 is 1.55 bits per heavy atom. The van der Waals surface area contributed by atoms with Gasteiger partial charge in [-0.25, -0.2) is 9.97 Å². The van der Waals surface area contributed by atoms with Gasteiger partial charge in [0.05, 0.1) is 18.5 Å². The Hall–Kier alpha value is -4.09. The van der Waals surface area contributed by atoms with Crippen LogP contribution in [0.5, 0.6) is 0 Å². The predicted octanol–water partition coefficient (Wildman–Crippen LogP) is 5.38. The van der Waals surface area contributed by atoms with Gasteiger partial charge in [0.15, 0.2) is 5.82 Å². The van der Waals surface area contributed by atoms with E-state index in [0.29, 0.717) is 30.0 Å². The summed E-state index contributed by atoms with van der Waals surface area (Å²) in [5.74, 6) is 0.318. The van der Waals surface area contributed by atoms with Crippen LogP contribution in [0.4, 0.5) is 5.82 Å². The highest BCUT2D eigenvalue weighted by molar-refractivity contribution is 5.92. The minimum atomic E-state index is -0.109. The highest BCUT2D eigenvalue weighted by atomic mass is 16.3. The van der Waals surface area contributed by atoms with Gasteiger partial charge in [0, 0.05) is 12.0 Å². The molecule has 0 saturated carbocycles. The number of aryl methyl sites for hydroxylation is 1. The number of benzene rings is 3. The standard InChI is InChI=1S/C28H25N3O2/c32-20-23-11-15-24(16-12-23)26-19-29-28(25(30-26)17-13-21-7-3-1-4-8-21)31-27(33)18-14-22-9-5-2-6-10-22/h1-13,15-17,19,32H,14,18,20H2,(H,29,31,33). The lowest BCUT2D eigenvalue weighted by Gasteiger charge is -2.10. The molecule has 0 fully saturated rings. The molecule has 3 aromatic carbocycles. The highest BCUT2D eigenvalue weighted by Crippen LogP contribution is 2.22. The Morgan fingerprint density at radius 1 is 0.848 bits per heavy atom. The fourth-order valence-corrected chi connectivity index (χ4v) is 3.37. The molecule has 0 saturated heterocycles. The van der Waals surface area contributed by atoms with E-state index in [1.54, 1.807) is 6.20 Å². The predicted molar refractivity (Wildman–Crippen MR) is 132 cm³/mol. The van der Waals surface area contributed by atoms with E-state index in [1.807, 2.05) is 97.1 Å². The number of amides is 1. The molecule has 1 heterocycles. The second kappa shape index (κ2) is 11.0. The number of anilines is 1. The van der Waals surface area contributed by atoms with Crippen LogP contribution in [0.25, 0.3) is 23.4 Å². The van der Waals surface area contributed by atoms with Crippen molar-refractivity contribution in [1.29, 1.82) is 0 Å². The van der Waals surface area contributed by atoms with Crippen molar-refractivity contribution in [3.63, 3.8) is 0 Å². The van der Waals surface area contributed by atoms with Crippen molar-refractivity contribution in [2.24, 2.45) is 0 Å². The van der Waals surface area contributed by atoms with E-state index in [4.69, 9.17) is 4.98 Å². The molecular formula is C28H25N3O2. The van der Waals surface area contributed by atoms with Crippen LogP contribution in [0.15, 0.2) is 91.1 Å². The number of nitrogens with one attached hydrogen (secondary N) is 1. The lowest BCUT2D eigenvalue weighted by molar-refractivity contribution is -0.116. The summed E-state index contributed by atoms with van der Waals surface area (Å²) in [4.78, 5) is 21.9. The van der Waals surface area contributed by atoms with Crippen molar-refractivity contribution in [2.75, 3.05) is 5.32 Å². The molecule has 0 aliphatic carbocycles. The zero-order valence-corrected chi connectivity index (χ0v) is 18.2. The molecule has 1 amide bonds. The molecule has 0 bridgehead atoms. The molecule has 2 N–H and O–H groups in total. The number of aromatic nitrogens is 2. The molecule has 5 nitrogen and oxygen atoms in total. The molecule has 4 rings (SSSR count). The van der Waals surface area contributed by atoms with E-state index in [0.717, 1.165) is 22.3 Å². The first-order valence-corrected chi connectivity index (χ1v) is 10.9. The van der Waals surface area contributed by atoms with E-state index in [2.05, 4.69) is 10.3 Å². The number of nitrogens with zero attached hydrogens (tertiary/aromatic N) is 2. The fourth-order valence-electron chi connectivity index (χ4n) is 3.37. The molecule has 0 spiro atoms. The number of hydrogen-bond donors (Lipinski definition) is 2. The van der Waals surface area contributed by atoms with Crippen LogP contribution in [0.2, 0.25) is 0 Å². The van der Waals surface area contributed by atoms with Crippen LogP contribution in [-0.4, -0.2) is 21.0 Å². The van der Waals surface area contributed by atoms with Crippen molar-refractivity contribution in [1.82, 2.24) is 9.97 Å². The first kappa shape index (κ1) is 22.1. The van der Waals surface area contributed by atoms with Crippen LogP contribution >= 0.6 is 0 Å². The van der Waals surface area contributed by atoms with Gasteiger partial charge in [-0.3, -0.25) is 4.79 Å². The maximum absolute atomic E-state index is 12.6. The van der Waals surface area contributed by atoms with Crippen molar-refractivity contribution < 1.29 is 9.90 Å². The van der Waals surface area contributed by atoms with Gasteiger partial charge in [0.25, 0.3) is 0 Å². The fraction of sp³-hybridized carbons (Fsp3) is 0.107. The molecule has 0 aliphatic rings. The molecule has 0 unspecified atom stereocenters. The first-order chi connectivity index (χ1) is 16.2. The van der Waals surface area contributed by atoms with Crippen molar-refractivity contribution in [3.05, 3.63) is 114 Å². The van der Waals surface area contributed by atoms with Gasteiger partial charge in [-0.2, -0.15) is 0 Å². The third kappa shape index (κ3) is 6.21. The van der Waals surface area contributed by atoms with E-state index >= 15 is 0 Å². The Kier molecular flexibility index (Phi) is 7.36. The summed E-state index contributed by atoms with van der Waals surface area (Å²) in [5, 5.41) is 12.2. The number of carbonyl (C=O) groups excluding carboxylic acids is 1. The quantitative estimate of drug-likeness (QED) is 0.390. The first-order valence-electron chi connectivity index (χ1n) is 10.9. The average molecular weight is 436 g/mol. The maximum Gasteiger partial charge on any atom is 0.225 e. The molecular weight excluding hydrogens is 410 g/mol. The molecule has 0 aliphatic heterocycles. The second-order valence-corrected chi connectivity index (χ2v) is 7.62. The zero-order chi connectivity index (χ0) is 22.9. The minimum Gasteiger partial charge on any atom is -0.392 e. The number of aliphatic hydroxyl groups is 1. The summed E-state index contributed by atoms with van der Waals surface area (Å²) in [6.07, 6.45) is 6.48. The average Bonchev–Trinajstić information content (AvgIpc) is 2.88. The van der Waals surface area contributed by atoms with E-state index in [1.165, 1.54) is 0 Å². The molecule has 0 radical (unpaired) electrons. The smallest absolute Gasteiger partial charge is 0.225 e. The highest BCUT2D eigenvalue weighted by Gasteiger charge is 2.11. The van der Waals surface area contributed by atoms with Gasteiger partial charge in [-0.15, -0.1) is 0 Å². The molecule has 0 atom stereocenters. The summed E-state index contributed by atoms with van der Waals surface area (Å²) in [7, 11) is 0. The maximum atomic E-state index is 12.6. The molecule has 5 heteroatoms. The summed E-state index contributed by atoms with van der Waals surface area (Å²) in [5.41, 5.74) is 5.13. The van der Waals surface area contributed by atoms with Crippen molar-refractivity contribution in [3.8, 4) is 11.3 Å². The topological polar surface area (TPSA) is 75.1 Å². The van der Waals surface area contributed by atoms with Gasteiger partial charge in [-0.1, -0.05) is 91.0 Å². The number of carbonyl (C=O) groups is 1. The van der Waals surface area contributed by atoms with Crippen molar-refractivity contribution >= 4 is 23.9 Å². The summed E-state index contributed by atoms with van der Waals surface area (Å²) in [6.45, 7) is -0.00896. The number of aliphatic hydroxyl groups excluding tert-OH is 1. The van der Waals surface area contributed by atoms with Crippen LogP contribution in [0.3, 0.4) is 0 Å². The molecule has 1 aromatic heterocycles. The summed E-state index contributed by atoms with van der Waals surface area (Å²) < 4.78 is 0.